The van der Waals surface area contributed by atoms with Gasteiger partial charge in [0.25, 0.3) is 0 Å². The first kappa shape index (κ1) is 16.6. The van der Waals surface area contributed by atoms with Crippen LogP contribution in [0.5, 0.6) is 0 Å². The number of rotatable bonds is 3. The Bertz CT molecular complexity index is 559. The second kappa shape index (κ2) is 6.72. The lowest BCUT2D eigenvalue weighted by atomic mass is 10.0. The van der Waals surface area contributed by atoms with E-state index in [2.05, 4.69) is 33.7 Å². The SMILES string of the molecule is CC1(C)COCCN1c1nc(Cl)nc(N2CCOCC2CO)n1. The Morgan fingerprint density at radius 3 is 2.65 bits per heavy atom. The summed E-state index contributed by atoms with van der Waals surface area (Å²) in [4.78, 5) is 17.1. The van der Waals surface area contributed by atoms with E-state index in [4.69, 9.17) is 21.1 Å². The lowest BCUT2D eigenvalue weighted by molar-refractivity contribution is 0.0631. The normalized spacial score (nSPS) is 24.8. The van der Waals surface area contributed by atoms with Gasteiger partial charge < -0.3 is 24.4 Å². The summed E-state index contributed by atoms with van der Waals surface area (Å²) < 4.78 is 10.9. The summed E-state index contributed by atoms with van der Waals surface area (Å²) in [7, 11) is 0. The summed E-state index contributed by atoms with van der Waals surface area (Å²) in [6.45, 7) is 7.67. The van der Waals surface area contributed by atoms with Crippen molar-refractivity contribution in [1.29, 1.82) is 0 Å². The van der Waals surface area contributed by atoms with Crippen LogP contribution in [-0.2, 0) is 9.47 Å². The number of aromatic nitrogens is 3. The molecule has 0 saturated carbocycles. The van der Waals surface area contributed by atoms with Crippen molar-refractivity contribution in [2.24, 2.45) is 0 Å². The Morgan fingerprint density at radius 2 is 1.91 bits per heavy atom. The van der Waals surface area contributed by atoms with Gasteiger partial charge in [-0.05, 0) is 25.4 Å². The lowest BCUT2D eigenvalue weighted by Gasteiger charge is -2.42. The topological polar surface area (TPSA) is 83.8 Å². The van der Waals surface area contributed by atoms with Crippen molar-refractivity contribution in [2.45, 2.75) is 25.4 Å². The molecule has 0 radical (unpaired) electrons. The Morgan fingerprint density at radius 1 is 1.17 bits per heavy atom. The second-order valence-electron chi connectivity index (χ2n) is 6.33. The number of aliphatic hydroxyl groups is 1. The number of aliphatic hydroxyl groups excluding tert-OH is 1. The molecule has 128 valence electrons. The van der Waals surface area contributed by atoms with Crippen LogP contribution in [0.25, 0.3) is 0 Å². The van der Waals surface area contributed by atoms with Crippen LogP contribution in [0.4, 0.5) is 11.9 Å². The van der Waals surface area contributed by atoms with Crippen molar-refractivity contribution in [1.82, 2.24) is 15.0 Å². The fourth-order valence-corrected chi connectivity index (χ4v) is 3.03. The molecule has 3 heterocycles. The van der Waals surface area contributed by atoms with Gasteiger partial charge in [0.1, 0.15) is 0 Å². The Balaban J connectivity index is 1.92. The zero-order chi connectivity index (χ0) is 16.4. The highest BCUT2D eigenvalue weighted by Crippen LogP contribution is 2.27. The van der Waals surface area contributed by atoms with Crippen LogP contribution in [0.3, 0.4) is 0 Å². The third-order valence-electron chi connectivity index (χ3n) is 4.17. The van der Waals surface area contributed by atoms with Gasteiger partial charge in [-0.2, -0.15) is 15.0 Å². The number of ether oxygens (including phenoxy) is 2. The lowest BCUT2D eigenvalue weighted by Crippen LogP contribution is -2.54. The van der Waals surface area contributed by atoms with Crippen LogP contribution in [-0.4, -0.2) is 77.8 Å². The van der Waals surface area contributed by atoms with Crippen molar-refractivity contribution in [2.75, 3.05) is 55.9 Å². The zero-order valence-corrected chi connectivity index (χ0v) is 14.2. The Kier molecular flexibility index (Phi) is 4.86. The molecule has 0 amide bonds. The summed E-state index contributed by atoms with van der Waals surface area (Å²) in [5.74, 6) is 1.01. The summed E-state index contributed by atoms with van der Waals surface area (Å²) in [5.41, 5.74) is -0.221. The largest absolute Gasteiger partial charge is 0.394 e. The molecule has 1 atom stereocenters. The fraction of sp³-hybridized carbons (Fsp3) is 0.786. The van der Waals surface area contributed by atoms with E-state index in [-0.39, 0.29) is 23.5 Å². The maximum atomic E-state index is 9.54. The molecule has 2 saturated heterocycles. The van der Waals surface area contributed by atoms with Crippen LogP contribution >= 0.6 is 11.6 Å². The molecule has 0 aromatic carbocycles. The van der Waals surface area contributed by atoms with Crippen LogP contribution in [0.15, 0.2) is 0 Å². The molecule has 1 N–H and O–H groups in total. The summed E-state index contributed by atoms with van der Waals surface area (Å²) in [6.07, 6.45) is 0. The molecule has 2 fully saturated rings. The minimum atomic E-state index is -0.221. The van der Waals surface area contributed by atoms with E-state index in [0.29, 0.717) is 51.4 Å². The Labute approximate surface area is 140 Å². The third kappa shape index (κ3) is 3.50. The predicted octanol–water partition coefficient (Wildman–Crippen LogP) is 0.338. The quantitative estimate of drug-likeness (QED) is 0.841. The Hall–Kier alpha value is -1.22. The standard InChI is InChI=1S/C14H22ClN5O3/c1-14(2)9-23-6-4-20(14)13-17-11(15)16-12(18-13)19-3-5-22-8-10(19)7-21/h10,21H,3-9H2,1-2H3. The monoisotopic (exact) mass is 343 g/mol. The van der Waals surface area contributed by atoms with Gasteiger partial charge in [0.15, 0.2) is 0 Å². The van der Waals surface area contributed by atoms with Crippen molar-refractivity contribution in [3.05, 3.63) is 5.28 Å². The molecule has 0 aliphatic carbocycles. The van der Waals surface area contributed by atoms with Crippen LogP contribution in [0, 0.1) is 0 Å². The number of hydrogen-bond acceptors (Lipinski definition) is 8. The molecule has 3 rings (SSSR count). The van der Waals surface area contributed by atoms with E-state index in [1.165, 1.54) is 0 Å². The zero-order valence-electron chi connectivity index (χ0n) is 13.4. The maximum Gasteiger partial charge on any atom is 0.232 e. The van der Waals surface area contributed by atoms with Gasteiger partial charge in [-0.3, -0.25) is 0 Å². The van der Waals surface area contributed by atoms with Crippen LogP contribution in [0.2, 0.25) is 5.28 Å². The molecule has 1 aromatic heterocycles. The first-order valence-electron chi connectivity index (χ1n) is 7.73. The minimum Gasteiger partial charge on any atom is -0.394 e. The number of halogens is 1. The van der Waals surface area contributed by atoms with Crippen LogP contribution < -0.4 is 9.80 Å². The highest BCUT2D eigenvalue weighted by molar-refractivity contribution is 6.28. The van der Waals surface area contributed by atoms with E-state index in [0.717, 1.165) is 0 Å². The second-order valence-corrected chi connectivity index (χ2v) is 6.66. The molecule has 2 aliphatic heterocycles. The van der Waals surface area contributed by atoms with Crippen molar-refractivity contribution >= 4 is 23.5 Å². The van der Waals surface area contributed by atoms with Gasteiger partial charge in [-0.25, -0.2) is 0 Å². The van der Waals surface area contributed by atoms with Crippen molar-refractivity contribution < 1.29 is 14.6 Å². The van der Waals surface area contributed by atoms with Gasteiger partial charge in [-0.1, -0.05) is 0 Å². The summed E-state index contributed by atoms with van der Waals surface area (Å²) >= 11 is 6.13. The van der Waals surface area contributed by atoms with Gasteiger partial charge in [-0.15, -0.1) is 0 Å². The molecule has 2 aliphatic rings. The van der Waals surface area contributed by atoms with E-state index >= 15 is 0 Å². The molecule has 0 bridgehead atoms. The molecule has 1 unspecified atom stereocenters. The molecule has 0 spiro atoms. The highest BCUT2D eigenvalue weighted by Gasteiger charge is 2.34. The van der Waals surface area contributed by atoms with E-state index in [1.54, 1.807) is 0 Å². The summed E-state index contributed by atoms with van der Waals surface area (Å²) in [6, 6.07) is -0.173. The highest BCUT2D eigenvalue weighted by atomic mass is 35.5. The first-order chi connectivity index (χ1) is 11.0. The smallest absolute Gasteiger partial charge is 0.232 e. The van der Waals surface area contributed by atoms with Crippen molar-refractivity contribution in [3.8, 4) is 0 Å². The molecule has 23 heavy (non-hydrogen) atoms. The van der Waals surface area contributed by atoms with Crippen LogP contribution in [0.1, 0.15) is 13.8 Å². The number of morpholine rings is 2. The average molecular weight is 344 g/mol. The molecular weight excluding hydrogens is 322 g/mol. The molecule has 8 nitrogen and oxygen atoms in total. The van der Waals surface area contributed by atoms with Gasteiger partial charge >= 0.3 is 0 Å². The maximum absolute atomic E-state index is 9.54. The first-order valence-corrected chi connectivity index (χ1v) is 8.11. The fourth-order valence-electron chi connectivity index (χ4n) is 2.88. The average Bonchev–Trinajstić information content (AvgIpc) is 2.53. The van der Waals surface area contributed by atoms with Gasteiger partial charge in [0, 0.05) is 13.1 Å². The van der Waals surface area contributed by atoms with Crippen molar-refractivity contribution in [3.63, 3.8) is 0 Å². The number of hydrogen-bond donors (Lipinski definition) is 1. The van der Waals surface area contributed by atoms with Gasteiger partial charge in [0.05, 0.1) is 44.6 Å². The molecular formula is C14H22ClN5O3. The number of nitrogens with zero attached hydrogens (tertiary/aromatic N) is 5. The predicted molar refractivity (Wildman–Crippen MR) is 86.1 cm³/mol. The molecule has 1 aromatic rings. The van der Waals surface area contributed by atoms with E-state index in [1.807, 2.05) is 4.90 Å². The minimum absolute atomic E-state index is 0.0261. The van der Waals surface area contributed by atoms with E-state index in [9.17, 15) is 5.11 Å². The number of anilines is 2. The summed E-state index contributed by atoms with van der Waals surface area (Å²) in [5, 5.41) is 9.69. The third-order valence-corrected chi connectivity index (χ3v) is 4.34. The van der Waals surface area contributed by atoms with Gasteiger partial charge in [0.2, 0.25) is 17.2 Å². The van der Waals surface area contributed by atoms with E-state index < -0.39 is 0 Å². The molecule has 9 heteroatoms.